The van der Waals surface area contributed by atoms with E-state index in [1.807, 2.05) is 13.0 Å². The first-order chi connectivity index (χ1) is 9.00. The maximum Gasteiger partial charge on any atom is 0.158 e. The topological polar surface area (TPSA) is 41.9 Å². The molecular formula is C15H23NO3. The monoisotopic (exact) mass is 265 g/mol. The second-order valence-electron chi connectivity index (χ2n) is 6.38. The van der Waals surface area contributed by atoms with Crippen LogP contribution in [0.2, 0.25) is 0 Å². The molecule has 0 aromatic carbocycles. The second-order valence-corrected chi connectivity index (χ2v) is 6.38. The molecule has 2 fully saturated rings. The summed E-state index contributed by atoms with van der Waals surface area (Å²) in [6.45, 7) is 9.92. The van der Waals surface area contributed by atoms with Crippen LogP contribution < -0.4 is 0 Å². The van der Waals surface area contributed by atoms with Crippen molar-refractivity contribution in [3.63, 3.8) is 0 Å². The Morgan fingerprint density at radius 2 is 2.00 bits per heavy atom. The fourth-order valence-corrected chi connectivity index (χ4v) is 3.53. The lowest BCUT2D eigenvalue weighted by Gasteiger charge is -2.39. The summed E-state index contributed by atoms with van der Waals surface area (Å²) < 4.78 is 11.7. The number of hydrogen-bond donors (Lipinski definition) is 1. The molecule has 0 aromatic rings. The molecule has 1 N–H and O–H groups in total. The molecule has 2 aliphatic heterocycles. The number of nitrogens with zero attached hydrogens (tertiary/aromatic N) is 1. The molecule has 106 valence electrons. The Morgan fingerprint density at radius 1 is 1.32 bits per heavy atom. The Bertz CT molecular complexity index is 433. The van der Waals surface area contributed by atoms with Crippen molar-refractivity contribution in [2.24, 2.45) is 11.3 Å². The first-order valence-corrected chi connectivity index (χ1v) is 7.09. The van der Waals surface area contributed by atoms with Crippen LogP contribution in [-0.2, 0) is 9.47 Å². The zero-order valence-corrected chi connectivity index (χ0v) is 12.0. The van der Waals surface area contributed by atoms with E-state index in [0.29, 0.717) is 12.2 Å². The van der Waals surface area contributed by atoms with Gasteiger partial charge in [-0.1, -0.05) is 13.8 Å². The summed E-state index contributed by atoms with van der Waals surface area (Å²) in [6, 6.07) is 0. The lowest BCUT2D eigenvalue weighted by atomic mass is 9.73. The molecular weight excluding hydrogens is 242 g/mol. The highest BCUT2D eigenvalue weighted by Crippen LogP contribution is 2.52. The number of hydrogen-bond acceptors (Lipinski definition) is 4. The van der Waals surface area contributed by atoms with E-state index >= 15 is 0 Å². The number of rotatable bonds is 1. The molecule has 3 aliphatic rings. The minimum Gasteiger partial charge on any atom is -0.512 e. The normalized spacial score (nSPS) is 34.8. The highest BCUT2D eigenvalue weighted by Gasteiger charge is 2.52. The fourth-order valence-electron chi connectivity index (χ4n) is 3.53. The average molecular weight is 265 g/mol. The van der Waals surface area contributed by atoms with Gasteiger partial charge in [-0.15, -0.1) is 0 Å². The summed E-state index contributed by atoms with van der Waals surface area (Å²) in [5.74, 6) is 1.83. The molecule has 2 saturated heterocycles. The van der Waals surface area contributed by atoms with Crippen molar-refractivity contribution >= 4 is 0 Å². The van der Waals surface area contributed by atoms with Gasteiger partial charge in [-0.25, -0.2) is 0 Å². The first kappa shape index (κ1) is 13.0. The van der Waals surface area contributed by atoms with Crippen LogP contribution in [0, 0.1) is 11.3 Å². The molecule has 2 heterocycles. The van der Waals surface area contributed by atoms with E-state index in [9.17, 15) is 5.11 Å². The molecule has 0 bridgehead atoms. The van der Waals surface area contributed by atoms with Gasteiger partial charge < -0.3 is 14.6 Å². The lowest BCUT2D eigenvalue weighted by molar-refractivity contribution is -0.0940. The Balaban J connectivity index is 1.88. The largest absolute Gasteiger partial charge is 0.512 e. The highest BCUT2D eigenvalue weighted by molar-refractivity contribution is 5.32. The van der Waals surface area contributed by atoms with Gasteiger partial charge in [-0.05, 0) is 18.6 Å². The van der Waals surface area contributed by atoms with Gasteiger partial charge in [0.15, 0.2) is 6.23 Å². The highest BCUT2D eigenvalue weighted by atomic mass is 16.5. The van der Waals surface area contributed by atoms with Gasteiger partial charge in [0.1, 0.15) is 5.76 Å². The number of aliphatic hydroxyl groups excluding tert-OH is 1. The van der Waals surface area contributed by atoms with Crippen LogP contribution in [0.1, 0.15) is 27.2 Å². The third-order valence-electron chi connectivity index (χ3n) is 4.65. The summed E-state index contributed by atoms with van der Waals surface area (Å²) >= 11 is 0. The fraction of sp³-hybridized carbons (Fsp3) is 0.733. The minimum atomic E-state index is 0.0101. The summed E-state index contributed by atoms with van der Waals surface area (Å²) in [6.07, 6.45) is 2.62. The van der Waals surface area contributed by atoms with Gasteiger partial charge in [0.05, 0.1) is 19.0 Å². The van der Waals surface area contributed by atoms with Crippen LogP contribution in [0.4, 0.5) is 0 Å². The van der Waals surface area contributed by atoms with E-state index < -0.39 is 0 Å². The van der Waals surface area contributed by atoms with Crippen LogP contribution in [0.25, 0.3) is 0 Å². The third-order valence-corrected chi connectivity index (χ3v) is 4.65. The van der Waals surface area contributed by atoms with Gasteiger partial charge in [0.25, 0.3) is 0 Å². The van der Waals surface area contributed by atoms with Crippen molar-refractivity contribution in [2.45, 2.75) is 33.4 Å². The van der Waals surface area contributed by atoms with Crippen LogP contribution >= 0.6 is 0 Å². The molecule has 0 amide bonds. The number of aliphatic hydroxyl groups is 1. The van der Waals surface area contributed by atoms with E-state index in [1.165, 1.54) is 0 Å². The summed E-state index contributed by atoms with van der Waals surface area (Å²) in [7, 11) is 0. The number of ether oxygens (including phenoxy) is 2. The van der Waals surface area contributed by atoms with Gasteiger partial charge in [0, 0.05) is 30.8 Å². The smallest absolute Gasteiger partial charge is 0.158 e. The van der Waals surface area contributed by atoms with Crippen molar-refractivity contribution in [3.8, 4) is 0 Å². The minimum absolute atomic E-state index is 0.0101. The molecule has 2 atom stereocenters. The Morgan fingerprint density at radius 3 is 2.68 bits per heavy atom. The van der Waals surface area contributed by atoms with Crippen LogP contribution in [-0.4, -0.2) is 42.5 Å². The maximum absolute atomic E-state index is 9.89. The van der Waals surface area contributed by atoms with Crippen LogP contribution in [0.5, 0.6) is 0 Å². The summed E-state index contributed by atoms with van der Waals surface area (Å²) in [5.41, 5.74) is 1.08. The molecule has 19 heavy (non-hydrogen) atoms. The van der Waals surface area contributed by atoms with E-state index in [1.54, 1.807) is 0 Å². The van der Waals surface area contributed by atoms with Crippen LogP contribution in [0.3, 0.4) is 0 Å². The molecule has 0 radical (unpaired) electrons. The molecule has 4 heteroatoms. The third kappa shape index (κ3) is 2.07. The number of allylic oxidation sites excluding steroid dienone is 4. The Kier molecular flexibility index (Phi) is 3.10. The quantitative estimate of drug-likeness (QED) is 0.790. The lowest BCUT2D eigenvalue weighted by Crippen LogP contribution is -2.49. The first-order valence-electron chi connectivity index (χ1n) is 7.09. The molecule has 3 rings (SSSR count). The molecule has 0 aromatic heterocycles. The van der Waals surface area contributed by atoms with E-state index in [4.69, 9.17) is 9.47 Å². The van der Waals surface area contributed by atoms with Crippen LogP contribution in [0.15, 0.2) is 23.2 Å². The molecule has 0 spiro atoms. The SMILES string of the molecule is CC1=C2OC(N3CCOCC3)C(C)(C)C2CC(O)=C1. The van der Waals surface area contributed by atoms with E-state index in [0.717, 1.165) is 37.6 Å². The van der Waals surface area contributed by atoms with Crippen molar-refractivity contribution in [1.29, 1.82) is 0 Å². The van der Waals surface area contributed by atoms with Gasteiger partial charge in [-0.3, -0.25) is 4.90 Å². The zero-order chi connectivity index (χ0) is 13.6. The van der Waals surface area contributed by atoms with Crippen molar-refractivity contribution in [1.82, 2.24) is 4.90 Å². The molecule has 0 saturated carbocycles. The van der Waals surface area contributed by atoms with Crippen molar-refractivity contribution < 1.29 is 14.6 Å². The molecule has 1 aliphatic carbocycles. The Labute approximate surface area is 114 Å². The van der Waals surface area contributed by atoms with Gasteiger partial charge in [0.2, 0.25) is 0 Å². The summed E-state index contributed by atoms with van der Waals surface area (Å²) in [5, 5.41) is 9.89. The van der Waals surface area contributed by atoms with E-state index in [2.05, 4.69) is 18.7 Å². The zero-order valence-electron chi connectivity index (χ0n) is 12.0. The maximum atomic E-state index is 9.89. The standard InChI is InChI=1S/C15H23NO3/c1-10-8-11(17)9-12-13(10)19-14(15(12,2)3)16-4-6-18-7-5-16/h8,12,14,17H,4-7,9H2,1-3H3. The molecule has 2 unspecified atom stereocenters. The molecule has 4 nitrogen and oxygen atoms in total. The summed E-state index contributed by atoms with van der Waals surface area (Å²) in [4.78, 5) is 2.37. The van der Waals surface area contributed by atoms with Gasteiger partial charge in [-0.2, -0.15) is 0 Å². The number of fused-ring (bicyclic) bond motifs is 1. The van der Waals surface area contributed by atoms with Gasteiger partial charge >= 0.3 is 0 Å². The van der Waals surface area contributed by atoms with Crippen molar-refractivity contribution in [2.75, 3.05) is 26.3 Å². The average Bonchev–Trinajstić information content (AvgIpc) is 2.63. The Hall–Kier alpha value is -1.00. The predicted molar refractivity (Wildman–Crippen MR) is 72.6 cm³/mol. The number of morpholine rings is 1. The second kappa shape index (κ2) is 4.53. The van der Waals surface area contributed by atoms with Crippen molar-refractivity contribution in [3.05, 3.63) is 23.2 Å². The predicted octanol–water partition coefficient (Wildman–Crippen LogP) is 2.44. The van der Waals surface area contributed by atoms with E-state index in [-0.39, 0.29) is 17.6 Å².